The number of anilines is 1. The Morgan fingerprint density at radius 1 is 1.14 bits per heavy atom. The van der Waals surface area contributed by atoms with E-state index < -0.39 is 35.7 Å². The Labute approximate surface area is 174 Å². The smallest absolute Gasteiger partial charge is 0.324 e. The molecule has 0 aliphatic carbocycles. The highest BCUT2D eigenvalue weighted by atomic mass is 35.5. The summed E-state index contributed by atoms with van der Waals surface area (Å²) in [5.74, 6) is -1.93. The number of imide groups is 1. The SMILES string of the molecule is CC1(c2ccc(Cl)cc2Cl)NC(=O)N(CC(=O)Nc2ccc(F)c(Cl)c2)C1=O. The summed E-state index contributed by atoms with van der Waals surface area (Å²) in [5.41, 5.74) is -0.866. The molecule has 0 bridgehead atoms. The van der Waals surface area contributed by atoms with Crippen LogP contribution in [0.1, 0.15) is 12.5 Å². The lowest BCUT2D eigenvalue weighted by atomic mass is 9.92. The molecule has 1 aliphatic rings. The second kappa shape index (κ2) is 7.58. The first kappa shape index (κ1) is 20.4. The van der Waals surface area contributed by atoms with E-state index in [1.54, 1.807) is 6.07 Å². The number of carbonyl (C=O) groups is 3. The maximum absolute atomic E-state index is 13.2. The van der Waals surface area contributed by atoms with Gasteiger partial charge in [0.2, 0.25) is 5.91 Å². The first-order chi connectivity index (χ1) is 13.1. The number of carbonyl (C=O) groups excluding carboxylic acids is 3. The third-order valence-corrected chi connectivity index (χ3v) is 5.09. The predicted molar refractivity (Wildman–Crippen MR) is 104 cm³/mol. The van der Waals surface area contributed by atoms with Crippen molar-refractivity contribution < 1.29 is 18.8 Å². The van der Waals surface area contributed by atoms with Crippen molar-refractivity contribution in [2.75, 3.05) is 11.9 Å². The van der Waals surface area contributed by atoms with Crippen molar-refractivity contribution in [3.63, 3.8) is 0 Å². The molecule has 1 heterocycles. The van der Waals surface area contributed by atoms with Gasteiger partial charge in [-0.05, 0) is 37.3 Å². The molecule has 3 rings (SSSR count). The minimum absolute atomic E-state index is 0.169. The second-order valence-corrected chi connectivity index (χ2v) is 7.50. The molecule has 28 heavy (non-hydrogen) atoms. The molecule has 10 heteroatoms. The Balaban J connectivity index is 1.78. The molecule has 4 amide bonds. The highest BCUT2D eigenvalue weighted by molar-refractivity contribution is 6.35. The van der Waals surface area contributed by atoms with Crippen molar-refractivity contribution in [3.8, 4) is 0 Å². The van der Waals surface area contributed by atoms with Gasteiger partial charge in [0.1, 0.15) is 17.9 Å². The summed E-state index contributed by atoms with van der Waals surface area (Å²) in [6.07, 6.45) is 0. The van der Waals surface area contributed by atoms with Gasteiger partial charge >= 0.3 is 6.03 Å². The van der Waals surface area contributed by atoms with Crippen LogP contribution in [0.5, 0.6) is 0 Å². The van der Waals surface area contributed by atoms with Crippen LogP contribution in [0, 0.1) is 5.82 Å². The number of halogens is 4. The van der Waals surface area contributed by atoms with E-state index in [0.29, 0.717) is 10.6 Å². The summed E-state index contributed by atoms with van der Waals surface area (Å²) in [6, 6.07) is 7.41. The minimum Gasteiger partial charge on any atom is -0.324 e. The maximum atomic E-state index is 13.2. The molecule has 6 nitrogen and oxygen atoms in total. The van der Waals surface area contributed by atoms with E-state index in [-0.39, 0.29) is 15.7 Å². The van der Waals surface area contributed by atoms with E-state index >= 15 is 0 Å². The summed E-state index contributed by atoms with van der Waals surface area (Å²) in [6.45, 7) is 0.945. The zero-order chi connectivity index (χ0) is 20.6. The van der Waals surface area contributed by atoms with Crippen molar-refractivity contribution in [1.82, 2.24) is 10.2 Å². The van der Waals surface area contributed by atoms with Crippen LogP contribution in [-0.4, -0.2) is 29.3 Å². The van der Waals surface area contributed by atoms with E-state index in [4.69, 9.17) is 34.8 Å². The van der Waals surface area contributed by atoms with Gasteiger partial charge in [-0.25, -0.2) is 9.18 Å². The fraction of sp³-hybridized carbons (Fsp3) is 0.167. The Kier molecular flexibility index (Phi) is 5.52. The first-order valence-corrected chi connectivity index (χ1v) is 9.10. The lowest BCUT2D eigenvalue weighted by Crippen LogP contribution is -2.42. The average Bonchev–Trinajstić information content (AvgIpc) is 2.82. The Morgan fingerprint density at radius 2 is 1.86 bits per heavy atom. The number of hydrogen-bond donors (Lipinski definition) is 2. The quantitative estimate of drug-likeness (QED) is 0.694. The van der Waals surface area contributed by atoms with E-state index in [2.05, 4.69) is 10.6 Å². The summed E-state index contributed by atoms with van der Waals surface area (Å²) in [5, 5.41) is 5.42. The number of rotatable bonds is 4. The molecule has 1 unspecified atom stereocenters. The third kappa shape index (κ3) is 3.78. The largest absolute Gasteiger partial charge is 0.325 e. The van der Waals surface area contributed by atoms with Crippen molar-refractivity contribution in [3.05, 3.63) is 62.8 Å². The normalized spacial score (nSPS) is 19.0. The molecule has 146 valence electrons. The maximum Gasteiger partial charge on any atom is 0.325 e. The van der Waals surface area contributed by atoms with Crippen LogP contribution < -0.4 is 10.6 Å². The fourth-order valence-electron chi connectivity index (χ4n) is 2.84. The van der Waals surface area contributed by atoms with Gasteiger partial charge in [0.15, 0.2) is 0 Å². The topological polar surface area (TPSA) is 78.5 Å². The van der Waals surface area contributed by atoms with Crippen LogP contribution in [-0.2, 0) is 15.1 Å². The van der Waals surface area contributed by atoms with E-state index in [1.807, 2.05) is 0 Å². The lowest BCUT2D eigenvalue weighted by Gasteiger charge is -2.23. The van der Waals surface area contributed by atoms with Crippen LogP contribution in [0.4, 0.5) is 14.9 Å². The molecule has 0 aromatic heterocycles. The van der Waals surface area contributed by atoms with Gasteiger partial charge < -0.3 is 10.6 Å². The summed E-state index contributed by atoms with van der Waals surface area (Å²) >= 11 is 17.7. The lowest BCUT2D eigenvalue weighted by molar-refractivity contribution is -0.133. The zero-order valence-electron chi connectivity index (χ0n) is 14.4. The molecule has 0 saturated carbocycles. The standard InChI is InChI=1S/C18H13Cl3FN3O3/c1-18(11-4-2-9(19)6-12(11)20)16(27)25(17(28)24-18)8-15(26)23-10-3-5-14(22)13(21)7-10/h2-7H,8H2,1H3,(H,23,26)(H,24,28). The monoisotopic (exact) mass is 443 g/mol. The summed E-state index contributed by atoms with van der Waals surface area (Å²) < 4.78 is 13.2. The Morgan fingerprint density at radius 3 is 2.50 bits per heavy atom. The van der Waals surface area contributed by atoms with Gasteiger partial charge in [-0.3, -0.25) is 14.5 Å². The number of nitrogens with zero attached hydrogens (tertiary/aromatic N) is 1. The molecular weight excluding hydrogens is 432 g/mol. The molecular formula is C18H13Cl3FN3O3. The Hall–Kier alpha value is -2.35. The highest BCUT2D eigenvalue weighted by Gasteiger charge is 2.50. The predicted octanol–water partition coefficient (Wildman–Crippen LogP) is 4.19. The first-order valence-electron chi connectivity index (χ1n) is 7.96. The van der Waals surface area contributed by atoms with Crippen molar-refractivity contribution in [1.29, 1.82) is 0 Å². The molecule has 1 aliphatic heterocycles. The number of amides is 4. The number of benzene rings is 2. The number of nitrogens with one attached hydrogen (secondary N) is 2. The van der Waals surface area contributed by atoms with Crippen LogP contribution in [0.3, 0.4) is 0 Å². The average molecular weight is 445 g/mol. The summed E-state index contributed by atoms with van der Waals surface area (Å²) in [4.78, 5) is 38.2. The summed E-state index contributed by atoms with van der Waals surface area (Å²) in [7, 11) is 0. The van der Waals surface area contributed by atoms with E-state index in [0.717, 1.165) is 11.0 Å². The third-order valence-electron chi connectivity index (χ3n) is 4.25. The molecule has 0 radical (unpaired) electrons. The van der Waals surface area contributed by atoms with Crippen molar-refractivity contribution in [2.45, 2.75) is 12.5 Å². The van der Waals surface area contributed by atoms with Crippen LogP contribution in [0.2, 0.25) is 15.1 Å². The zero-order valence-corrected chi connectivity index (χ0v) is 16.6. The van der Waals surface area contributed by atoms with Gasteiger partial charge in [0, 0.05) is 21.3 Å². The molecule has 0 spiro atoms. The molecule has 2 aromatic rings. The Bertz CT molecular complexity index is 1000. The van der Waals surface area contributed by atoms with Crippen LogP contribution in [0.25, 0.3) is 0 Å². The van der Waals surface area contributed by atoms with E-state index in [1.165, 1.54) is 31.2 Å². The van der Waals surface area contributed by atoms with Gasteiger partial charge in [-0.1, -0.05) is 40.9 Å². The van der Waals surface area contributed by atoms with E-state index in [9.17, 15) is 18.8 Å². The van der Waals surface area contributed by atoms with Gasteiger partial charge in [-0.2, -0.15) is 0 Å². The molecule has 2 aromatic carbocycles. The fourth-order valence-corrected chi connectivity index (χ4v) is 3.61. The van der Waals surface area contributed by atoms with Crippen LogP contribution in [0.15, 0.2) is 36.4 Å². The minimum atomic E-state index is -1.45. The van der Waals surface area contributed by atoms with Crippen molar-refractivity contribution in [2.24, 2.45) is 0 Å². The highest BCUT2D eigenvalue weighted by Crippen LogP contribution is 2.35. The molecule has 1 fully saturated rings. The van der Waals surface area contributed by atoms with Crippen LogP contribution >= 0.6 is 34.8 Å². The molecule has 1 atom stereocenters. The number of urea groups is 1. The van der Waals surface area contributed by atoms with Gasteiger partial charge in [-0.15, -0.1) is 0 Å². The van der Waals surface area contributed by atoms with Gasteiger partial charge in [0.25, 0.3) is 5.91 Å². The molecule has 2 N–H and O–H groups in total. The number of hydrogen-bond acceptors (Lipinski definition) is 3. The second-order valence-electron chi connectivity index (χ2n) is 6.25. The molecule has 1 saturated heterocycles. The van der Waals surface area contributed by atoms with Gasteiger partial charge in [0.05, 0.1) is 5.02 Å². The van der Waals surface area contributed by atoms with Crippen molar-refractivity contribution >= 4 is 58.3 Å².